The van der Waals surface area contributed by atoms with Gasteiger partial charge in [0.05, 0.1) is 5.69 Å². The highest BCUT2D eigenvalue weighted by molar-refractivity contribution is 5.97. The summed E-state index contributed by atoms with van der Waals surface area (Å²) in [6.07, 6.45) is 1.62. The zero-order valence-corrected chi connectivity index (χ0v) is 15.7. The summed E-state index contributed by atoms with van der Waals surface area (Å²) in [5.41, 5.74) is 2.59. The van der Waals surface area contributed by atoms with Crippen molar-refractivity contribution in [1.82, 2.24) is 20.2 Å². The molecule has 2 aromatic carbocycles. The second-order valence-electron chi connectivity index (χ2n) is 6.52. The Balaban J connectivity index is 1.59. The van der Waals surface area contributed by atoms with Gasteiger partial charge in [-0.3, -0.25) is 14.2 Å². The van der Waals surface area contributed by atoms with Crippen molar-refractivity contribution in [2.75, 3.05) is 0 Å². The molecule has 0 saturated carbocycles. The van der Waals surface area contributed by atoms with E-state index in [1.165, 1.54) is 4.57 Å². The molecule has 3 rings (SSSR count). The van der Waals surface area contributed by atoms with Crippen LogP contribution in [0.1, 0.15) is 28.5 Å². The molecule has 144 valence electrons. The van der Waals surface area contributed by atoms with Crippen molar-refractivity contribution in [3.05, 3.63) is 88.1 Å². The van der Waals surface area contributed by atoms with Gasteiger partial charge in [-0.1, -0.05) is 30.3 Å². The van der Waals surface area contributed by atoms with E-state index in [-0.39, 0.29) is 17.5 Å². The van der Waals surface area contributed by atoms with Crippen LogP contribution >= 0.6 is 0 Å². The van der Waals surface area contributed by atoms with Crippen molar-refractivity contribution < 1.29 is 9.59 Å². The van der Waals surface area contributed by atoms with Crippen molar-refractivity contribution in [1.29, 1.82) is 0 Å². The third kappa shape index (κ3) is 4.37. The van der Waals surface area contributed by atoms with E-state index >= 15 is 0 Å². The third-order valence-corrected chi connectivity index (χ3v) is 4.40. The zero-order valence-electron chi connectivity index (χ0n) is 15.7. The number of aromatic nitrogens is 2. The summed E-state index contributed by atoms with van der Waals surface area (Å²) in [7, 11) is 0. The number of aryl methyl sites for hydroxylation is 1. The van der Waals surface area contributed by atoms with E-state index in [1.807, 2.05) is 37.3 Å². The standard InChI is InChI=1S/C21H22N4O3/c1-14-12-23-21(28)25(14)18-10-8-17(9-11-18)20(27)24-15(2)19(26)22-13-16-6-4-3-5-7-16/h3-12,15H,13H2,1-2H3,(H,22,26)(H,23,28)(H,24,27). The average Bonchev–Trinajstić information content (AvgIpc) is 3.05. The Morgan fingerprint density at radius 3 is 2.36 bits per heavy atom. The molecule has 0 bridgehead atoms. The number of amides is 2. The van der Waals surface area contributed by atoms with Gasteiger partial charge in [0.15, 0.2) is 0 Å². The monoisotopic (exact) mass is 378 g/mol. The van der Waals surface area contributed by atoms with Gasteiger partial charge < -0.3 is 15.6 Å². The number of hydrogen-bond donors (Lipinski definition) is 3. The van der Waals surface area contributed by atoms with Crippen molar-refractivity contribution in [2.24, 2.45) is 0 Å². The van der Waals surface area contributed by atoms with Crippen LogP contribution in [0.5, 0.6) is 0 Å². The molecule has 0 aliphatic carbocycles. The van der Waals surface area contributed by atoms with Gasteiger partial charge in [-0.25, -0.2) is 4.79 Å². The van der Waals surface area contributed by atoms with Gasteiger partial charge in [0.2, 0.25) is 5.91 Å². The van der Waals surface area contributed by atoms with E-state index < -0.39 is 6.04 Å². The molecule has 3 N–H and O–H groups in total. The highest BCUT2D eigenvalue weighted by Gasteiger charge is 2.16. The van der Waals surface area contributed by atoms with Gasteiger partial charge in [0.25, 0.3) is 5.91 Å². The normalized spacial score (nSPS) is 11.6. The quantitative estimate of drug-likeness (QED) is 0.611. The van der Waals surface area contributed by atoms with Crippen molar-refractivity contribution >= 4 is 11.8 Å². The molecule has 28 heavy (non-hydrogen) atoms. The van der Waals surface area contributed by atoms with Crippen LogP contribution in [0.25, 0.3) is 5.69 Å². The van der Waals surface area contributed by atoms with Gasteiger partial charge in [0.1, 0.15) is 6.04 Å². The lowest BCUT2D eigenvalue weighted by Gasteiger charge is -2.14. The summed E-state index contributed by atoms with van der Waals surface area (Å²) in [5, 5.41) is 5.48. The first-order valence-electron chi connectivity index (χ1n) is 8.95. The predicted molar refractivity (Wildman–Crippen MR) is 106 cm³/mol. The van der Waals surface area contributed by atoms with E-state index in [2.05, 4.69) is 15.6 Å². The lowest BCUT2D eigenvalue weighted by atomic mass is 10.1. The number of imidazole rings is 1. The Hall–Kier alpha value is -3.61. The lowest BCUT2D eigenvalue weighted by molar-refractivity contribution is -0.122. The fraction of sp³-hybridized carbons (Fsp3) is 0.190. The molecule has 3 aromatic rings. The first-order chi connectivity index (χ1) is 13.5. The summed E-state index contributed by atoms with van der Waals surface area (Å²) in [5.74, 6) is -0.615. The molecule has 0 saturated heterocycles. The number of aromatic amines is 1. The molecule has 0 aliphatic heterocycles. The van der Waals surface area contributed by atoms with Crippen LogP contribution in [0.15, 0.2) is 65.6 Å². The van der Waals surface area contributed by atoms with E-state index in [9.17, 15) is 14.4 Å². The number of carbonyl (C=O) groups excluding carboxylic acids is 2. The van der Waals surface area contributed by atoms with Crippen LogP contribution < -0.4 is 16.3 Å². The molecule has 0 aliphatic rings. The molecule has 0 fully saturated rings. The molecular formula is C21H22N4O3. The number of nitrogens with one attached hydrogen (secondary N) is 3. The smallest absolute Gasteiger partial charge is 0.330 e. The topological polar surface area (TPSA) is 96.0 Å². The fourth-order valence-electron chi connectivity index (χ4n) is 2.82. The van der Waals surface area contributed by atoms with E-state index in [4.69, 9.17) is 0 Å². The van der Waals surface area contributed by atoms with Gasteiger partial charge in [0, 0.05) is 24.0 Å². The third-order valence-electron chi connectivity index (χ3n) is 4.40. The van der Waals surface area contributed by atoms with Crippen LogP contribution in [0.3, 0.4) is 0 Å². The molecular weight excluding hydrogens is 356 g/mol. The lowest BCUT2D eigenvalue weighted by Crippen LogP contribution is -2.44. The summed E-state index contributed by atoms with van der Waals surface area (Å²) in [4.78, 5) is 39.0. The summed E-state index contributed by atoms with van der Waals surface area (Å²) in [6, 6.07) is 15.5. The average molecular weight is 378 g/mol. The van der Waals surface area contributed by atoms with Crippen molar-refractivity contribution in [3.63, 3.8) is 0 Å². The summed E-state index contributed by atoms with van der Waals surface area (Å²) >= 11 is 0. The number of benzene rings is 2. The molecule has 2 amide bonds. The van der Waals surface area contributed by atoms with Gasteiger partial charge in [-0.2, -0.15) is 0 Å². The maximum Gasteiger partial charge on any atom is 0.330 e. The number of hydrogen-bond acceptors (Lipinski definition) is 3. The summed E-state index contributed by atoms with van der Waals surface area (Å²) in [6.45, 7) is 3.85. The Labute approximate surface area is 162 Å². The van der Waals surface area contributed by atoms with Gasteiger partial charge >= 0.3 is 5.69 Å². The van der Waals surface area contributed by atoms with Gasteiger partial charge in [-0.15, -0.1) is 0 Å². The first kappa shape index (κ1) is 19.2. The maximum absolute atomic E-state index is 12.4. The van der Waals surface area contributed by atoms with Crippen molar-refractivity contribution in [3.8, 4) is 5.69 Å². The van der Waals surface area contributed by atoms with Crippen LogP contribution in [0.2, 0.25) is 0 Å². The predicted octanol–water partition coefficient (Wildman–Crippen LogP) is 1.91. The largest absolute Gasteiger partial charge is 0.350 e. The number of H-pyrrole nitrogens is 1. The van der Waals surface area contributed by atoms with E-state index in [0.29, 0.717) is 17.8 Å². The van der Waals surface area contributed by atoms with Gasteiger partial charge in [-0.05, 0) is 43.7 Å². The fourth-order valence-corrected chi connectivity index (χ4v) is 2.82. The molecule has 1 aromatic heterocycles. The van der Waals surface area contributed by atoms with Crippen LogP contribution in [0, 0.1) is 6.92 Å². The molecule has 1 atom stereocenters. The Bertz CT molecular complexity index is 1020. The SMILES string of the molecule is Cc1c[nH]c(=O)n1-c1ccc(C(=O)NC(C)C(=O)NCc2ccccc2)cc1. The minimum absolute atomic E-state index is 0.238. The number of rotatable bonds is 6. The molecule has 0 radical (unpaired) electrons. The van der Waals surface area contributed by atoms with Crippen molar-refractivity contribution in [2.45, 2.75) is 26.4 Å². The minimum atomic E-state index is -0.676. The molecule has 7 heteroatoms. The minimum Gasteiger partial charge on any atom is -0.350 e. The van der Waals surface area contributed by atoms with E-state index in [0.717, 1.165) is 11.3 Å². The Morgan fingerprint density at radius 1 is 1.07 bits per heavy atom. The second kappa shape index (κ2) is 8.39. The maximum atomic E-state index is 12.4. The molecule has 7 nitrogen and oxygen atoms in total. The number of nitrogens with zero attached hydrogens (tertiary/aromatic N) is 1. The first-order valence-corrected chi connectivity index (χ1v) is 8.95. The highest BCUT2D eigenvalue weighted by Crippen LogP contribution is 2.10. The molecule has 1 unspecified atom stereocenters. The summed E-state index contributed by atoms with van der Waals surface area (Å²) < 4.78 is 1.52. The Morgan fingerprint density at radius 2 is 1.75 bits per heavy atom. The van der Waals surface area contributed by atoms with Crippen LogP contribution in [-0.2, 0) is 11.3 Å². The van der Waals surface area contributed by atoms with E-state index in [1.54, 1.807) is 37.4 Å². The highest BCUT2D eigenvalue weighted by atomic mass is 16.2. The Kier molecular flexibility index (Phi) is 5.74. The zero-order chi connectivity index (χ0) is 20.1. The molecule has 0 spiro atoms. The van der Waals surface area contributed by atoms with Crippen LogP contribution in [-0.4, -0.2) is 27.4 Å². The molecule has 1 heterocycles. The number of carbonyl (C=O) groups is 2. The van der Waals surface area contributed by atoms with Crippen LogP contribution in [0.4, 0.5) is 0 Å². The second-order valence-corrected chi connectivity index (χ2v) is 6.52.